The lowest BCUT2D eigenvalue weighted by Crippen LogP contribution is -2.36. The molecule has 0 aliphatic rings. The number of nitrogens with zero attached hydrogens (tertiary/aromatic N) is 4. The van der Waals surface area contributed by atoms with E-state index >= 15 is 0 Å². The molecule has 0 saturated heterocycles. The molecule has 2 heterocycles. The Hall–Kier alpha value is -2.96. The van der Waals surface area contributed by atoms with Gasteiger partial charge in [0.1, 0.15) is 6.54 Å². The number of benzene rings is 1. The molecule has 0 atom stereocenters. The summed E-state index contributed by atoms with van der Waals surface area (Å²) >= 11 is 0. The zero-order valence-corrected chi connectivity index (χ0v) is 16.1. The van der Waals surface area contributed by atoms with E-state index in [9.17, 15) is 9.59 Å². The maximum atomic E-state index is 12.8. The van der Waals surface area contributed by atoms with Crippen molar-refractivity contribution < 1.29 is 9.32 Å². The number of likely N-dealkylation sites (N-methyl/N-ethyl adjacent to an activating group) is 1. The number of fused-ring (bicyclic) bond motifs is 1. The van der Waals surface area contributed by atoms with Gasteiger partial charge in [0.15, 0.2) is 5.82 Å². The van der Waals surface area contributed by atoms with Gasteiger partial charge in [-0.1, -0.05) is 37.2 Å². The molecule has 1 amide bonds. The Morgan fingerprint density at radius 2 is 1.93 bits per heavy atom. The largest absolute Gasteiger partial charge is 0.342 e. The summed E-state index contributed by atoms with van der Waals surface area (Å²) in [5.74, 6) is 0.949. The molecule has 0 fully saturated rings. The van der Waals surface area contributed by atoms with Crippen LogP contribution in [0.5, 0.6) is 0 Å². The second-order valence-electron chi connectivity index (χ2n) is 6.68. The van der Waals surface area contributed by atoms with Crippen molar-refractivity contribution in [1.29, 1.82) is 0 Å². The van der Waals surface area contributed by atoms with Crippen LogP contribution in [0.25, 0.3) is 22.4 Å². The number of amides is 1. The average Bonchev–Trinajstić information content (AvgIpc) is 3.15. The highest BCUT2D eigenvalue weighted by molar-refractivity contribution is 5.93. The van der Waals surface area contributed by atoms with E-state index in [1.165, 1.54) is 10.6 Å². The molecule has 0 saturated carbocycles. The lowest BCUT2D eigenvalue weighted by atomic mass is 10.1. The zero-order chi connectivity index (χ0) is 19.6. The minimum absolute atomic E-state index is 0.00237. The van der Waals surface area contributed by atoms with Gasteiger partial charge in [0, 0.05) is 30.5 Å². The molecule has 0 bridgehead atoms. The first-order chi connectivity index (χ1) is 13.0. The van der Waals surface area contributed by atoms with Gasteiger partial charge in [-0.25, -0.2) is 0 Å². The summed E-state index contributed by atoms with van der Waals surface area (Å²) < 4.78 is 6.88. The molecule has 0 unspecified atom stereocenters. The van der Waals surface area contributed by atoms with Gasteiger partial charge in [0.2, 0.25) is 5.91 Å². The lowest BCUT2D eigenvalue weighted by molar-refractivity contribution is -0.131. The van der Waals surface area contributed by atoms with Crippen LogP contribution in [0.1, 0.15) is 39.4 Å². The fraction of sp³-hybridized carbons (Fsp3) is 0.400. The van der Waals surface area contributed by atoms with E-state index in [1.807, 2.05) is 52.0 Å². The molecule has 0 aliphatic carbocycles. The Morgan fingerprint density at radius 3 is 2.56 bits per heavy atom. The highest BCUT2D eigenvalue weighted by Crippen LogP contribution is 2.27. The number of rotatable bonds is 6. The molecule has 3 aromatic rings. The van der Waals surface area contributed by atoms with Crippen LogP contribution < -0.4 is 5.56 Å². The van der Waals surface area contributed by atoms with Gasteiger partial charge in [-0.3, -0.25) is 14.2 Å². The van der Waals surface area contributed by atoms with Crippen molar-refractivity contribution in [3.8, 4) is 11.5 Å². The molecule has 7 heteroatoms. The van der Waals surface area contributed by atoms with Crippen molar-refractivity contribution >= 4 is 16.8 Å². The smallest absolute Gasteiger partial charge is 0.258 e. The Kier molecular flexibility index (Phi) is 5.39. The standard InChI is InChI=1S/C20H24N4O3/c1-5-23(6-2)18(26)12-24-16-10-8-7-9-14(16)15(11-17(24)25)20-21-19(13(3)4)22-27-20/h7-11,13H,5-6,12H2,1-4H3. The number of carbonyl (C=O) groups excluding carboxylic acids is 1. The van der Waals surface area contributed by atoms with Gasteiger partial charge in [-0.05, 0) is 19.9 Å². The van der Waals surface area contributed by atoms with Gasteiger partial charge in [0.25, 0.3) is 11.4 Å². The van der Waals surface area contributed by atoms with Gasteiger partial charge in [0.05, 0.1) is 11.1 Å². The summed E-state index contributed by atoms with van der Waals surface area (Å²) in [5.41, 5.74) is 0.986. The summed E-state index contributed by atoms with van der Waals surface area (Å²) in [5, 5.41) is 4.78. The van der Waals surface area contributed by atoms with E-state index in [-0.39, 0.29) is 23.9 Å². The second kappa shape index (κ2) is 7.73. The normalized spacial score (nSPS) is 11.3. The van der Waals surface area contributed by atoms with E-state index in [4.69, 9.17) is 4.52 Å². The zero-order valence-electron chi connectivity index (χ0n) is 16.1. The molecule has 3 rings (SSSR count). The van der Waals surface area contributed by atoms with Crippen molar-refractivity contribution in [3.05, 3.63) is 46.5 Å². The maximum Gasteiger partial charge on any atom is 0.258 e. The molecule has 0 aliphatic heterocycles. The summed E-state index contributed by atoms with van der Waals surface area (Å²) in [6.45, 7) is 9.02. The van der Waals surface area contributed by atoms with Crippen molar-refractivity contribution in [2.75, 3.05) is 13.1 Å². The molecule has 7 nitrogen and oxygen atoms in total. The van der Waals surface area contributed by atoms with Crippen LogP contribution in [-0.2, 0) is 11.3 Å². The fourth-order valence-corrected chi connectivity index (χ4v) is 3.07. The van der Waals surface area contributed by atoms with Gasteiger partial charge >= 0.3 is 0 Å². The van der Waals surface area contributed by atoms with E-state index in [1.54, 1.807) is 4.90 Å². The molecule has 1 aromatic carbocycles. The van der Waals surface area contributed by atoms with Crippen LogP contribution >= 0.6 is 0 Å². The number of pyridine rings is 1. The van der Waals surface area contributed by atoms with Crippen molar-refractivity contribution in [1.82, 2.24) is 19.6 Å². The predicted molar refractivity (Wildman–Crippen MR) is 104 cm³/mol. The van der Waals surface area contributed by atoms with Gasteiger partial charge in [-0.2, -0.15) is 4.98 Å². The quantitative estimate of drug-likeness (QED) is 0.668. The highest BCUT2D eigenvalue weighted by atomic mass is 16.5. The number of hydrogen-bond donors (Lipinski definition) is 0. The van der Waals surface area contributed by atoms with Crippen molar-refractivity contribution in [2.45, 2.75) is 40.2 Å². The first-order valence-electron chi connectivity index (χ1n) is 9.20. The third-order valence-electron chi connectivity index (χ3n) is 4.62. The van der Waals surface area contributed by atoms with E-state index in [0.29, 0.717) is 35.9 Å². The molecular formula is C20H24N4O3. The topological polar surface area (TPSA) is 81.2 Å². The first kappa shape index (κ1) is 18.8. The molecule has 27 heavy (non-hydrogen) atoms. The molecule has 0 radical (unpaired) electrons. The third kappa shape index (κ3) is 3.63. The van der Waals surface area contributed by atoms with Crippen LogP contribution in [0.2, 0.25) is 0 Å². The minimum Gasteiger partial charge on any atom is -0.342 e. The van der Waals surface area contributed by atoms with Crippen LogP contribution in [0.4, 0.5) is 0 Å². The Balaban J connectivity index is 2.12. The molecule has 142 valence electrons. The van der Waals surface area contributed by atoms with Crippen LogP contribution in [0, 0.1) is 0 Å². The van der Waals surface area contributed by atoms with Crippen LogP contribution in [0.3, 0.4) is 0 Å². The second-order valence-corrected chi connectivity index (χ2v) is 6.68. The summed E-state index contributed by atoms with van der Waals surface area (Å²) in [4.78, 5) is 31.5. The molecule has 0 spiro atoms. The van der Waals surface area contributed by atoms with Crippen molar-refractivity contribution in [3.63, 3.8) is 0 Å². The van der Waals surface area contributed by atoms with E-state index < -0.39 is 0 Å². The number of carbonyl (C=O) groups is 1. The Labute approximate surface area is 157 Å². The maximum absolute atomic E-state index is 12.8. The van der Waals surface area contributed by atoms with E-state index in [2.05, 4.69) is 10.1 Å². The number of hydrogen-bond acceptors (Lipinski definition) is 5. The number of para-hydroxylation sites is 1. The fourth-order valence-electron chi connectivity index (χ4n) is 3.07. The SMILES string of the molecule is CCN(CC)C(=O)Cn1c(=O)cc(-c2nc(C(C)C)no2)c2ccccc21. The van der Waals surface area contributed by atoms with Crippen LogP contribution in [0.15, 0.2) is 39.6 Å². The molecule has 0 N–H and O–H groups in total. The average molecular weight is 368 g/mol. The Bertz CT molecular complexity index is 1020. The third-order valence-corrected chi connectivity index (χ3v) is 4.62. The summed E-state index contributed by atoms with van der Waals surface area (Å²) in [7, 11) is 0. The molecule has 2 aromatic heterocycles. The highest BCUT2D eigenvalue weighted by Gasteiger charge is 2.19. The monoisotopic (exact) mass is 368 g/mol. The summed E-state index contributed by atoms with van der Waals surface area (Å²) in [6, 6.07) is 8.91. The van der Waals surface area contributed by atoms with E-state index in [0.717, 1.165) is 5.39 Å². The minimum atomic E-state index is -0.270. The lowest BCUT2D eigenvalue weighted by Gasteiger charge is -2.20. The van der Waals surface area contributed by atoms with Gasteiger partial charge < -0.3 is 9.42 Å². The molecular weight excluding hydrogens is 344 g/mol. The predicted octanol–water partition coefficient (Wildman–Crippen LogP) is 3.04. The van der Waals surface area contributed by atoms with Crippen LogP contribution in [-0.4, -0.2) is 38.6 Å². The van der Waals surface area contributed by atoms with Gasteiger partial charge in [-0.15, -0.1) is 0 Å². The Morgan fingerprint density at radius 1 is 1.22 bits per heavy atom. The summed E-state index contributed by atoms with van der Waals surface area (Å²) in [6.07, 6.45) is 0. The number of aromatic nitrogens is 3. The van der Waals surface area contributed by atoms with Crippen molar-refractivity contribution in [2.24, 2.45) is 0 Å². The first-order valence-corrected chi connectivity index (χ1v) is 9.20.